The molecule has 12 heteroatoms. The molecule has 0 radical (unpaired) electrons. The molecular weight excluding hydrogens is 528 g/mol. The van der Waals surface area contributed by atoms with Crippen molar-refractivity contribution in [2.75, 3.05) is 13.7 Å². The summed E-state index contributed by atoms with van der Waals surface area (Å²) in [7, 11) is 1.49. The van der Waals surface area contributed by atoms with Crippen LogP contribution in [-0.4, -0.2) is 51.7 Å². The molecule has 0 spiro atoms. The van der Waals surface area contributed by atoms with Gasteiger partial charge in [0.1, 0.15) is 18.4 Å². The van der Waals surface area contributed by atoms with Gasteiger partial charge in [0.25, 0.3) is 0 Å². The number of halogens is 1. The van der Waals surface area contributed by atoms with Gasteiger partial charge in [0.05, 0.1) is 18.1 Å². The molecule has 2 aliphatic rings. The summed E-state index contributed by atoms with van der Waals surface area (Å²) in [5, 5.41) is 9.50. The van der Waals surface area contributed by atoms with Crippen LogP contribution in [0.5, 0.6) is 11.5 Å². The number of nitrogens with zero attached hydrogens (tertiary/aromatic N) is 1. The summed E-state index contributed by atoms with van der Waals surface area (Å²) in [6.07, 6.45) is 0. The van der Waals surface area contributed by atoms with E-state index in [4.69, 9.17) is 21.1 Å². The standard InChI is InChI=1S/C24H19ClN2O7S2/c1-33-15-8-12(4-7-14(15)34-10-11-2-5-13(25)6-3-11)17-18-20(35-21-19(17)36-24(32)26-21)23(31)27(22(18)30)9-16(28)29/h2-8,17-18,20H,9-10H2,1H3,(H,26,32)(H,28,29)/t17-,18?,20?/m1/s1. The Labute approximate surface area is 218 Å². The second-order valence-corrected chi connectivity index (χ2v) is 10.8. The number of ether oxygens (including phenoxy) is 2. The van der Waals surface area contributed by atoms with Gasteiger partial charge in [0, 0.05) is 15.8 Å². The van der Waals surface area contributed by atoms with Gasteiger partial charge in [-0.15, -0.1) is 0 Å². The van der Waals surface area contributed by atoms with Crippen LogP contribution in [0.1, 0.15) is 21.9 Å². The number of aromatic amines is 1. The molecule has 1 aromatic heterocycles. The van der Waals surface area contributed by atoms with Crippen molar-refractivity contribution in [3.05, 3.63) is 73.2 Å². The zero-order valence-corrected chi connectivity index (χ0v) is 21.1. The summed E-state index contributed by atoms with van der Waals surface area (Å²) in [4.78, 5) is 53.6. The van der Waals surface area contributed by atoms with Gasteiger partial charge in [-0.3, -0.25) is 24.1 Å². The number of fused-ring (bicyclic) bond motifs is 2. The summed E-state index contributed by atoms with van der Waals surface area (Å²) in [5.41, 5.74) is 1.56. The Hall–Kier alpha value is -3.28. The summed E-state index contributed by atoms with van der Waals surface area (Å²) in [6.45, 7) is -0.429. The average Bonchev–Trinajstić information content (AvgIpc) is 3.34. The van der Waals surface area contributed by atoms with Crippen molar-refractivity contribution >= 4 is 52.5 Å². The highest BCUT2D eigenvalue weighted by molar-refractivity contribution is 8.00. The monoisotopic (exact) mass is 546 g/mol. The number of carbonyl (C=O) groups is 3. The second kappa shape index (κ2) is 9.64. The number of carbonyl (C=O) groups excluding carboxylic acids is 2. The Bertz CT molecular complexity index is 1420. The van der Waals surface area contributed by atoms with Crippen LogP contribution in [0.25, 0.3) is 0 Å². The zero-order valence-electron chi connectivity index (χ0n) is 18.7. The molecule has 2 unspecified atom stereocenters. The zero-order chi connectivity index (χ0) is 25.6. The van der Waals surface area contributed by atoms with Gasteiger partial charge in [0.2, 0.25) is 11.8 Å². The number of aromatic nitrogens is 1. The first-order chi connectivity index (χ1) is 17.3. The lowest BCUT2D eigenvalue weighted by Crippen LogP contribution is -2.36. The van der Waals surface area contributed by atoms with Crippen molar-refractivity contribution in [1.29, 1.82) is 0 Å². The number of carboxylic acid groups (broad SMARTS) is 1. The second-order valence-electron chi connectivity index (χ2n) is 8.23. The minimum Gasteiger partial charge on any atom is -0.493 e. The quantitative estimate of drug-likeness (QED) is 0.432. The van der Waals surface area contributed by atoms with E-state index in [0.29, 0.717) is 32.0 Å². The molecule has 186 valence electrons. The summed E-state index contributed by atoms with van der Waals surface area (Å²) >= 11 is 8.00. The number of likely N-dealkylation sites (tertiary alicyclic amines) is 1. The van der Waals surface area contributed by atoms with E-state index < -0.39 is 41.4 Å². The lowest BCUT2D eigenvalue weighted by molar-refractivity contribution is -0.149. The van der Waals surface area contributed by atoms with Gasteiger partial charge in [-0.2, -0.15) is 0 Å². The predicted molar refractivity (Wildman–Crippen MR) is 133 cm³/mol. The van der Waals surface area contributed by atoms with Crippen LogP contribution in [0.4, 0.5) is 0 Å². The van der Waals surface area contributed by atoms with Crippen LogP contribution in [0.15, 0.2) is 52.3 Å². The molecule has 1 fully saturated rings. The highest BCUT2D eigenvalue weighted by Crippen LogP contribution is 2.53. The van der Waals surface area contributed by atoms with Crippen molar-refractivity contribution < 1.29 is 29.0 Å². The Kier molecular flexibility index (Phi) is 6.54. The van der Waals surface area contributed by atoms with Crippen molar-refractivity contribution in [3.8, 4) is 11.5 Å². The van der Waals surface area contributed by atoms with Gasteiger partial charge in [-0.1, -0.05) is 52.9 Å². The van der Waals surface area contributed by atoms with E-state index in [-0.39, 0.29) is 11.5 Å². The molecule has 5 rings (SSSR count). The summed E-state index contributed by atoms with van der Waals surface area (Å²) in [6, 6.07) is 12.4. The molecule has 2 amide bonds. The number of thiazole rings is 1. The maximum Gasteiger partial charge on any atom is 0.323 e. The van der Waals surface area contributed by atoms with Gasteiger partial charge in [0.15, 0.2) is 11.5 Å². The minimum absolute atomic E-state index is 0.276. The molecule has 0 bridgehead atoms. The number of methoxy groups -OCH3 is 1. The molecule has 0 saturated carbocycles. The van der Waals surface area contributed by atoms with Crippen LogP contribution < -0.4 is 14.3 Å². The summed E-state index contributed by atoms with van der Waals surface area (Å²) < 4.78 is 11.5. The molecule has 36 heavy (non-hydrogen) atoms. The Morgan fingerprint density at radius 1 is 1.11 bits per heavy atom. The van der Waals surface area contributed by atoms with Crippen molar-refractivity contribution in [2.24, 2.45) is 5.92 Å². The molecule has 2 N–H and O–H groups in total. The maximum atomic E-state index is 13.3. The van der Waals surface area contributed by atoms with Gasteiger partial charge >= 0.3 is 10.8 Å². The molecule has 3 atom stereocenters. The SMILES string of the molecule is COc1cc([C@H]2c3sc(=O)[nH]c3SC3C(=O)N(CC(=O)O)C(=O)C32)ccc1OCc1ccc(Cl)cc1. The van der Waals surface area contributed by atoms with Crippen LogP contribution in [0.3, 0.4) is 0 Å². The molecule has 9 nitrogen and oxygen atoms in total. The fraction of sp³-hybridized carbons (Fsp3) is 0.250. The molecule has 3 aromatic rings. The third kappa shape index (κ3) is 4.38. The summed E-state index contributed by atoms with van der Waals surface area (Å²) in [5.74, 6) is -3.02. The van der Waals surface area contributed by atoms with E-state index in [9.17, 15) is 24.3 Å². The largest absolute Gasteiger partial charge is 0.493 e. The number of thioether (sulfide) groups is 1. The number of carboxylic acids is 1. The molecular formula is C24H19ClN2O7S2. The molecule has 2 aliphatic heterocycles. The van der Waals surface area contributed by atoms with E-state index >= 15 is 0 Å². The topological polar surface area (TPSA) is 126 Å². The smallest absolute Gasteiger partial charge is 0.323 e. The Balaban J connectivity index is 1.50. The van der Waals surface area contributed by atoms with E-state index in [1.165, 1.54) is 7.11 Å². The predicted octanol–water partition coefficient (Wildman–Crippen LogP) is 3.35. The van der Waals surface area contributed by atoms with Crippen LogP contribution in [-0.2, 0) is 21.0 Å². The maximum absolute atomic E-state index is 13.3. The van der Waals surface area contributed by atoms with Crippen LogP contribution in [0, 0.1) is 5.92 Å². The number of nitrogens with one attached hydrogen (secondary N) is 1. The lowest BCUT2D eigenvalue weighted by atomic mass is 9.83. The fourth-order valence-corrected chi connectivity index (χ4v) is 7.13. The first-order valence-electron chi connectivity index (χ1n) is 10.8. The van der Waals surface area contributed by atoms with Crippen molar-refractivity contribution in [2.45, 2.75) is 22.8 Å². The number of rotatable bonds is 7. The first kappa shape index (κ1) is 24.4. The Morgan fingerprint density at radius 2 is 1.86 bits per heavy atom. The molecule has 3 heterocycles. The Morgan fingerprint density at radius 3 is 2.56 bits per heavy atom. The van der Waals surface area contributed by atoms with Crippen LogP contribution >= 0.6 is 34.7 Å². The highest BCUT2D eigenvalue weighted by Gasteiger charge is 2.56. The van der Waals surface area contributed by atoms with Gasteiger partial charge < -0.3 is 19.6 Å². The number of H-pyrrole nitrogens is 1. The third-order valence-electron chi connectivity index (χ3n) is 6.06. The molecule has 1 saturated heterocycles. The molecule has 0 aliphatic carbocycles. The number of hydrogen-bond acceptors (Lipinski definition) is 8. The lowest BCUT2D eigenvalue weighted by Gasteiger charge is -2.30. The number of aliphatic carboxylic acids is 1. The van der Waals surface area contributed by atoms with E-state index in [2.05, 4.69) is 4.98 Å². The number of hydrogen-bond donors (Lipinski definition) is 2. The third-order valence-corrected chi connectivity index (χ3v) is 8.72. The normalized spacial score (nSPS) is 20.7. The fourth-order valence-electron chi connectivity index (χ4n) is 4.46. The van der Waals surface area contributed by atoms with Gasteiger partial charge in [-0.25, -0.2) is 0 Å². The highest BCUT2D eigenvalue weighted by atomic mass is 35.5. The minimum atomic E-state index is -1.27. The number of amides is 2. The van der Waals surface area contributed by atoms with Gasteiger partial charge in [-0.05, 0) is 35.4 Å². The van der Waals surface area contributed by atoms with E-state index in [0.717, 1.165) is 33.6 Å². The molecule has 2 aromatic carbocycles. The first-order valence-corrected chi connectivity index (χ1v) is 12.9. The number of imide groups is 1. The van der Waals surface area contributed by atoms with E-state index in [1.54, 1.807) is 30.3 Å². The van der Waals surface area contributed by atoms with E-state index in [1.807, 2.05) is 12.1 Å². The average molecular weight is 547 g/mol. The number of benzene rings is 2. The van der Waals surface area contributed by atoms with Crippen molar-refractivity contribution in [1.82, 2.24) is 9.88 Å². The van der Waals surface area contributed by atoms with Crippen LogP contribution in [0.2, 0.25) is 5.02 Å². The van der Waals surface area contributed by atoms with Crippen molar-refractivity contribution in [3.63, 3.8) is 0 Å².